The minimum Gasteiger partial charge on any atom is -0.444 e. The van der Waals surface area contributed by atoms with Crippen molar-refractivity contribution < 1.29 is 28.7 Å². The maximum atomic E-state index is 13.9. The molecule has 4 amide bonds. The molecule has 3 aliphatic rings. The fourth-order valence-electron chi connectivity index (χ4n) is 5.97. The van der Waals surface area contributed by atoms with Crippen LogP contribution in [0.15, 0.2) is 24.3 Å². The third kappa shape index (κ3) is 6.27. The van der Waals surface area contributed by atoms with Gasteiger partial charge in [0, 0.05) is 13.5 Å². The first-order chi connectivity index (χ1) is 18.7. The van der Waals surface area contributed by atoms with E-state index < -0.39 is 47.4 Å². The number of fused-ring (bicyclic) bond motifs is 2. The summed E-state index contributed by atoms with van der Waals surface area (Å²) < 4.78 is 11.4. The van der Waals surface area contributed by atoms with Crippen molar-refractivity contribution in [3.05, 3.63) is 35.4 Å². The molecule has 0 radical (unpaired) electrons. The number of benzene rings is 1. The van der Waals surface area contributed by atoms with Crippen molar-refractivity contribution >= 4 is 23.8 Å². The maximum absolute atomic E-state index is 13.9. The Morgan fingerprint density at radius 1 is 1.12 bits per heavy atom. The Morgan fingerprint density at radius 2 is 1.82 bits per heavy atom. The number of likely N-dealkylation sites (N-methyl/N-ethyl adjacent to an activating group) is 1. The second-order valence-electron chi connectivity index (χ2n) is 12.9. The summed E-state index contributed by atoms with van der Waals surface area (Å²) >= 11 is 0. The lowest BCUT2D eigenvalue weighted by molar-refractivity contribution is -0.150. The predicted molar refractivity (Wildman–Crippen MR) is 149 cm³/mol. The molecule has 2 aliphatic heterocycles. The summed E-state index contributed by atoms with van der Waals surface area (Å²) in [6.07, 6.45) is 2.40. The number of rotatable bonds is 5. The van der Waals surface area contributed by atoms with Crippen LogP contribution in [0.4, 0.5) is 4.79 Å². The number of carbonyl (C=O) groups is 4. The monoisotopic (exact) mass is 556 g/mol. The number of carbonyl (C=O) groups excluding carboxylic acids is 4. The number of hydrogen-bond acceptors (Lipinski definition) is 6. The van der Waals surface area contributed by atoms with E-state index in [-0.39, 0.29) is 30.9 Å². The van der Waals surface area contributed by atoms with Crippen molar-refractivity contribution in [3.63, 3.8) is 0 Å². The fraction of sp³-hybridized carbons (Fsp3) is 0.667. The second kappa shape index (κ2) is 11.4. The van der Waals surface area contributed by atoms with Crippen molar-refractivity contribution in [2.45, 2.75) is 110 Å². The van der Waals surface area contributed by atoms with Gasteiger partial charge in [0.15, 0.2) is 0 Å². The van der Waals surface area contributed by atoms with Gasteiger partial charge in [-0.25, -0.2) is 4.79 Å². The molecule has 2 saturated heterocycles. The van der Waals surface area contributed by atoms with Crippen molar-refractivity contribution in [3.8, 4) is 0 Å². The number of ether oxygens (including phenoxy) is 2. The summed E-state index contributed by atoms with van der Waals surface area (Å²) in [6.45, 7) is 11.0. The maximum Gasteiger partial charge on any atom is 0.410 e. The van der Waals surface area contributed by atoms with Crippen LogP contribution >= 0.6 is 0 Å². The number of hydrogen-bond donors (Lipinski definition) is 2. The zero-order valence-electron chi connectivity index (χ0n) is 24.8. The van der Waals surface area contributed by atoms with Crippen LogP contribution in [0.1, 0.15) is 84.4 Å². The van der Waals surface area contributed by atoms with Gasteiger partial charge in [-0.2, -0.15) is 0 Å². The van der Waals surface area contributed by atoms with Crippen molar-refractivity contribution in [1.82, 2.24) is 20.4 Å². The molecule has 1 aromatic rings. The molecular formula is C30H44N4O6. The van der Waals surface area contributed by atoms with E-state index in [1.165, 1.54) is 22.4 Å². The largest absolute Gasteiger partial charge is 0.444 e. The highest BCUT2D eigenvalue weighted by Gasteiger charge is 2.55. The van der Waals surface area contributed by atoms with Crippen molar-refractivity contribution in [2.75, 3.05) is 13.7 Å². The quantitative estimate of drug-likeness (QED) is 0.575. The molecule has 2 fully saturated rings. The van der Waals surface area contributed by atoms with Crippen LogP contribution in [0.3, 0.4) is 0 Å². The van der Waals surface area contributed by atoms with E-state index in [0.29, 0.717) is 6.42 Å². The SMILES string of the molecule is C[C@@H](C(=O)N[C@H]1CCO[C@H]2CC(C)(C)[C@@H](C(=O)N[C@@H]3CCCc4ccccc43)N2C1=O)N(C)C(=O)OC(C)(C)C. The van der Waals surface area contributed by atoms with Gasteiger partial charge in [-0.15, -0.1) is 0 Å². The zero-order chi connectivity index (χ0) is 29.4. The third-order valence-corrected chi connectivity index (χ3v) is 8.19. The van der Waals surface area contributed by atoms with E-state index in [9.17, 15) is 19.2 Å². The molecule has 0 aromatic heterocycles. The molecule has 10 heteroatoms. The molecule has 40 heavy (non-hydrogen) atoms. The van der Waals surface area contributed by atoms with Crippen LogP contribution in [0, 0.1) is 5.41 Å². The van der Waals surface area contributed by atoms with Crippen LogP contribution in [-0.4, -0.2) is 77.2 Å². The Labute approximate surface area is 237 Å². The molecule has 0 unspecified atom stereocenters. The van der Waals surface area contributed by atoms with Crippen LogP contribution < -0.4 is 10.6 Å². The molecule has 10 nitrogen and oxygen atoms in total. The van der Waals surface area contributed by atoms with Crippen LogP contribution in [0.25, 0.3) is 0 Å². The molecule has 0 bridgehead atoms. The Balaban J connectivity index is 1.49. The fourth-order valence-corrected chi connectivity index (χ4v) is 5.97. The standard InChI is InChI=1S/C30H44N4O6/c1-18(33(7)28(38)40-29(2,3)4)25(35)32-22-15-16-39-23-17-30(5,6)24(34(23)27(22)37)26(36)31-21-14-10-12-19-11-8-9-13-20(19)21/h8-9,11,13,18,21-24H,10,12,14-17H2,1-7H3,(H,31,36)(H,32,35)/t18-,21+,22-,23-,24+/m0/s1. The normalized spacial score (nSPS) is 26.6. The smallest absolute Gasteiger partial charge is 0.410 e. The first-order valence-corrected chi connectivity index (χ1v) is 14.3. The first kappa shape index (κ1) is 29.8. The molecule has 1 aromatic carbocycles. The second-order valence-corrected chi connectivity index (χ2v) is 12.9. The van der Waals surface area contributed by atoms with E-state index in [2.05, 4.69) is 22.8 Å². The van der Waals surface area contributed by atoms with Crippen molar-refractivity contribution in [2.24, 2.45) is 5.41 Å². The Hall–Kier alpha value is -3.14. The number of nitrogens with zero attached hydrogens (tertiary/aromatic N) is 2. The van der Waals surface area contributed by atoms with Gasteiger partial charge in [0.2, 0.25) is 17.7 Å². The highest BCUT2D eigenvalue weighted by atomic mass is 16.6. The highest BCUT2D eigenvalue weighted by molar-refractivity contribution is 5.95. The van der Waals surface area contributed by atoms with Gasteiger partial charge in [-0.1, -0.05) is 38.1 Å². The van der Waals surface area contributed by atoms with Gasteiger partial charge >= 0.3 is 6.09 Å². The van der Waals surface area contributed by atoms with Gasteiger partial charge in [0.1, 0.15) is 30.0 Å². The molecule has 2 N–H and O–H groups in total. The molecule has 2 heterocycles. The van der Waals surface area contributed by atoms with E-state index >= 15 is 0 Å². The molecule has 5 atom stereocenters. The Morgan fingerprint density at radius 3 is 2.52 bits per heavy atom. The van der Waals surface area contributed by atoms with Gasteiger partial charge < -0.3 is 25.0 Å². The van der Waals surface area contributed by atoms with Gasteiger partial charge in [0.05, 0.1) is 12.6 Å². The van der Waals surface area contributed by atoms with E-state index in [0.717, 1.165) is 24.8 Å². The Kier molecular flexibility index (Phi) is 8.49. The first-order valence-electron chi connectivity index (χ1n) is 14.3. The summed E-state index contributed by atoms with van der Waals surface area (Å²) in [6, 6.07) is 5.54. The minimum atomic E-state index is -0.883. The molecular weight excluding hydrogens is 512 g/mol. The summed E-state index contributed by atoms with van der Waals surface area (Å²) in [5.74, 6) is -1.04. The zero-order valence-corrected chi connectivity index (χ0v) is 24.8. The van der Waals surface area contributed by atoms with Gasteiger partial charge in [0.25, 0.3) is 0 Å². The molecule has 4 rings (SSSR count). The number of aryl methyl sites for hydroxylation is 1. The average molecular weight is 557 g/mol. The molecule has 0 saturated carbocycles. The van der Waals surface area contributed by atoms with Gasteiger partial charge in [-0.3, -0.25) is 19.3 Å². The number of amides is 4. The summed E-state index contributed by atoms with van der Waals surface area (Å²) in [7, 11) is 1.49. The van der Waals surface area contributed by atoms with Crippen LogP contribution in [0.5, 0.6) is 0 Å². The van der Waals surface area contributed by atoms with E-state index in [4.69, 9.17) is 9.47 Å². The lowest BCUT2D eigenvalue weighted by Gasteiger charge is -2.36. The van der Waals surface area contributed by atoms with Gasteiger partial charge in [-0.05, 0) is 69.9 Å². The lowest BCUT2D eigenvalue weighted by atomic mass is 9.82. The molecule has 0 spiro atoms. The average Bonchev–Trinajstić information content (AvgIpc) is 3.07. The summed E-state index contributed by atoms with van der Waals surface area (Å²) in [5.41, 5.74) is 1.13. The van der Waals surface area contributed by atoms with Crippen LogP contribution in [0.2, 0.25) is 0 Å². The summed E-state index contributed by atoms with van der Waals surface area (Å²) in [5, 5.41) is 6.04. The molecule has 220 valence electrons. The predicted octanol–water partition coefficient (Wildman–Crippen LogP) is 3.29. The topological polar surface area (TPSA) is 117 Å². The number of nitrogens with one attached hydrogen (secondary N) is 2. The van der Waals surface area contributed by atoms with Crippen molar-refractivity contribution in [1.29, 1.82) is 0 Å². The van der Waals surface area contributed by atoms with E-state index in [1.807, 2.05) is 26.0 Å². The highest BCUT2D eigenvalue weighted by Crippen LogP contribution is 2.43. The lowest BCUT2D eigenvalue weighted by Crippen LogP contribution is -2.58. The van der Waals surface area contributed by atoms with E-state index in [1.54, 1.807) is 27.7 Å². The third-order valence-electron chi connectivity index (χ3n) is 8.19. The molecule has 1 aliphatic carbocycles. The van der Waals surface area contributed by atoms with Crippen LogP contribution in [-0.2, 0) is 30.3 Å². The Bertz CT molecular complexity index is 1150. The minimum absolute atomic E-state index is 0.116. The summed E-state index contributed by atoms with van der Waals surface area (Å²) in [4.78, 5) is 56.1.